The van der Waals surface area contributed by atoms with Crippen LogP contribution in [0.3, 0.4) is 0 Å². The van der Waals surface area contributed by atoms with Crippen LogP contribution in [0, 0.1) is 0 Å². The first kappa shape index (κ1) is 10.7. The summed E-state index contributed by atoms with van der Waals surface area (Å²) in [6, 6.07) is 0.0800. The van der Waals surface area contributed by atoms with Crippen molar-refractivity contribution in [2.75, 3.05) is 18.5 Å². The first-order valence-corrected chi connectivity index (χ1v) is 4.53. The van der Waals surface area contributed by atoms with E-state index in [2.05, 4.69) is 10.3 Å². The van der Waals surface area contributed by atoms with Gasteiger partial charge >= 0.3 is 0 Å². The molecule has 0 aliphatic carbocycles. The van der Waals surface area contributed by atoms with Crippen LogP contribution in [0.1, 0.15) is 19.9 Å². The van der Waals surface area contributed by atoms with Crippen molar-refractivity contribution >= 4 is 5.82 Å². The largest absolute Gasteiger partial charge is 0.363 e. The van der Waals surface area contributed by atoms with Gasteiger partial charge in [-0.05, 0) is 13.8 Å². The zero-order valence-electron chi connectivity index (χ0n) is 8.33. The van der Waals surface area contributed by atoms with Crippen molar-refractivity contribution in [3.8, 4) is 0 Å². The summed E-state index contributed by atoms with van der Waals surface area (Å²) in [6.45, 7) is 3.41. The second kappa shape index (κ2) is 4.74. The Bertz CT molecular complexity index is 348. The van der Waals surface area contributed by atoms with Gasteiger partial charge in [-0.25, -0.2) is 9.37 Å². The second-order valence-corrected chi connectivity index (χ2v) is 3.20. The molecule has 0 saturated carbocycles. The second-order valence-electron chi connectivity index (χ2n) is 3.20. The molecule has 0 unspecified atom stereocenters. The summed E-state index contributed by atoms with van der Waals surface area (Å²) in [5.41, 5.74) is -0.212. The molecule has 0 bridgehead atoms. The Hall–Kier alpha value is -1.39. The van der Waals surface area contributed by atoms with Crippen LogP contribution < -0.4 is 10.9 Å². The van der Waals surface area contributed by atoms with Gasteiger partial charge in [0.2, 0.25) is 0 Å². The van der Waals surface area contributed by atoms with E-state index >= 15 is 0 Å². The van der Waals surface area contributed by atoms with E-state index in [0.29, 0.717) is 0 Å². The van der Waals surface area contributed by atoms with E-state index < -0.39 is 6.67 Å². The fourth-order valence-corrected chi connectivity index (χ4v) is 1.12. The van der Waals surface area contributed by atoms with Gasteiger partial charge in [0.1, 0.15) is 6.67 Å². The van der Waals surface area contributed by atoms with Crippen LogP contribution in [0.5, 0.6) is 0 Å². The fourth-order valence-electron chi connectivity index (χ4n) is 1.12. The molecule has 4 nitrogen and oxygen atoms in total. The Labute approximate surface area is 81.8 Å². The van der Waals surface area contributed by atoms with E-state index in [4.69, 9.17) is 0 Å². The summed E-state index contributed by atoms with van der Waals surface area (Å²) in [6.07, 6.45) is 3.15. The lowest BCUT2D eigenvalue weighted by molar-refractivity contribution is 0.511. The molecule has 1 heterocycles. The molecule has 0 radical (unpaired) electrons. The molecule has 78 valence electrons. The third-order valence-corrected chi connectivity index (χ3v) is 1.81. The molecule has 0 amide bonds. The highest BCUT2D eigenvalue weighted by Gasteiger charge is 2.05. The highest BCUT2D eigenvalue weighted by molar-refractivity contribution is 5.30. The summed E-state index contributed by atoms with van der Waals surface area (Å²) >= 11 is 0. The molecule has 0 spiro atoms. The first-order valence-electron chi connectivity index (χ1n) is 4.53. The quantitative estimate of drug-likeness (QED) is 0.792. The van der Waals surface area contributed by atoms with Gasteiger partial charge in [0, 0.05) is 25.0 Å². The fraction of sp³-hybridized carbons (Fsp3) is 0.556. The topological polar surface area (TPSA) is 46.9 Å². The lowest BCUT2D eigenvalue weighted by atomic mass is 10.4. The van der Waals surface area contributed by atoms with Crippen molar-refractivity contribution in [3.05, 3.63) is 22.7 Å². The summed E-state index contributed by atoms with van der Waals surface area (Å²) in [7, 11) is 0. The number of rotatable bonds is 4. The number of alkyl halides is 1. The summed E-state index contributed by atoms with van der Waals surface area (Å²) in [5, 5.41) is 2.64. The molecule has 1 N–H and O–H groups in total. The molecule has 14 heavy (non-hydrogen) atoms. The van der Waals surface area contributed by atoms with E-state index in [-0.39, 0.29) is 24.0 Å². The molecule has 1 aromatic heterocycles. The Morgan fingerprint density at radius 3 is 2.93 bits per heavy atom. The molecule has 1 rings (SSSR count). The molecule has 0 aliphatic heterocycles. The molecule has 0 fully saturated rings. The molecule has 1 aromatic rings. The minimum absolute atomic E-state index is 0.0800. The van der Waals surface area contributed by atoms with Crippen LogP contribution in [0.4, 0.5) is 10.2 Å². The lowest BCUT2D eigenvalue weighted by Crippen LogP contribution is -2.26. The normalized spacial score (nSPS) is 10.6. The zero-order valence-corrected chi connectivity index (χ0v) is 8.33. The highest BCUT2D eigenvalue weighted by Crippen LogP contribution is 2.00. The molecule has 0 aromatic carbocycles. The smallest absolute Gasteiger partial charge is 0.293 e. The third-order valence-electron chi connectivity index (χ3n) is 1.81. The predicted molar refractivity (Wildman–Crippen MR) is 53.3 cm³/mol. The summed E-state index contributed by atoms with van der Waals surface area (Å²) < 4.78 is 13.4. The minimum atomic E-state index is -0.516. The van der Waals surface area contributed by atoms with Gasteiger partial charge in [-0.3, -0.25) is 4.79 Å². The lowest BCUT2D eigenvalue weighted by Gasteiger charge is -2.10. The standard InChI is InChI=1S/C9H14FN3O/c1-7(2)13-6-5-12-8(9(13)14)11-4-3-10/h5-7H,3-4H2,1-2H3,(H,11,12). The van der Waals surface area contributed by atoms with Crippen molar-refractivity contribution in [3.63, 3.8) is 0 Å². The minimum Gasteiger partial charge on any atom is -0.363 e. The Balaban J connectivity index is 2.96. The number of nitrogens with zero attached hydrogens (tertiary/aromatic N) is 2. The predicted octanol–water partition coefficient (Wildman–Crippen LogP) is 1.21. The van der Waals surface area contributed by atoms with Crippen LogP contribution in [-0.4, -0.2) is 22.8 Å². The average molecular weight is 199 g/mol. The Morgan fingerprint density at radius 2 is 2.36 bits per heavy atom. The molecule has 0 atom stereocenters. The van der Waals surface area contributed by atoms with Crippen molar-refractivity contribution in [1.82, 2.24) is 9.55 Å². The van der Waals surface area contributed by atoms with Crippen LogP contribution in [-0.2, 0) is 0 Å². The molecule has 5 heteroatoms. The van der Waals surface area contributed by atoms with Crippen LogP contribution in [0.25, 0.3) is 0 Å². The first-order chi connectivity index (χ1) is 6.66. The van der Waals surface area contributed by atoms with Crippen molar-refractivity contribution in [2.45, 2.75) is 19.9 Å². The Kier molecular flexibility index (Phi) is 3.62. The van der Waals surface area contributed by atoms with E-state index in [9.17, 15) is 9.18 Å². The third kappa shape index (κ3) is 2.31. The van der Waals surface area contributed by atoms with Gasteiger partial charge in [0.25, 0.3) is 5.56 Å². The molecular formula is C9H14FN3O. The van der Waals surface area contributed by atoms with E-state index in [1.54, 1.807) is 10.8 Å². The van der Waals surface area contributed by atoms with Crippen LogP contribution in [0.15, 0.2) is 17.2 Å². The number of hydrogen-bond donors (Lipinski definition) is 1. The monoisotopic (exact) mass is 199 g/mol. The molecule has 0 aliphatic rings. The van der Waals surface area contributed by atoms with E-state index in [1.165, 1.54) is 6.20 Å². The van der Waals surface area contributed by atoms with Crippen molar-refractivity contribution < 1.29 is 4.39 Å². The summed E-state index contributed by atoms with van der Waals surface area (Å²) in [4.78, 5) is 15.5. The van der Waals surface area contributed by atoms with Crippen molar-refractivity contribution in [2.24, 2.45) is 0 Å². The Morgan fingerprint density at radius 1 is 1.64 bits per heavy atom. The van der Waals surface area contributed by atoms with Gasteiger partial charge < -0.3 is 9.88 Å². The molecule has 0 saturated heterocycles. The van der Waals surface area contributed by atoms with Gasteiger partial charge in [0.15, 0.2) is 5.82 Å². The number of halogens is 1. The van der Waals surface area contributed by atoms with E-state index in [1.807, 2.05) is 13.8 Å². The van der Waals surface area contributed by atoms with Gasteiger partial charge in [0.05, 0.1) is 0 Å². The number of nitrogens with one attached hydrogen (secondary N) is 1. The van der Waals surface area contributed by atoms with Crippen LogP contribution in [0.2, 0.25) is 0 Å². The van der Waals surface area contributed by atoms with Crippen molar-refractivity contribution in [1.29, 1.82) is 0 Å². The van der Waals surface area contributed by atoms with Crippen LogP contribution >= 0.6 is 0 Å². The average Bonchev–Trinajstić information content (AvgIpc) is 2.16. The maximum absolute atomic E-state index is 11.9. The zero-order chi connectivity index (χ0) is 10.6. The number of anilines is 1. The summed E-state index contributed by atoms with van der Waals surface area (Å²) in [5.74, 6) is 0.207. The highest BCUT2D eigenvalue weighted by atomic mass is 19.1. The maximum atomic E-state index is 11.9. The number of aromatic nitrogens is 2. The van der Waals surface area contributed by atoms with Gasteiger partial charge in [-0.2, -0.15) is 0 Å². The van der Waals surface area contributed by atoms with Gasteiger partial charge in [-0.1, -0.05) is 0 Å². The number of hydrogen-bond acceptors (Lipinski definition) is 3. The van der Waals surface area contributed by atoms with E-state index in [0.717, 1.165) is 0 Å². The van der Waals surface area contributed by atoms with Gasteiger partial charge in [-0.15, -0.1) is 0 Å². The maximum Gasteiger partial charge on any atom is 0.293 e. The SMILES string of the molecule is CC(C)n1ccnc(NCCF)c1=O. The molecular weight excluding hydrogens is 185 g/mol.